The molecule has 104 valence electrons. The fourth-order valence-corrected chi connectivity index (χ4v) is 2.56. The molecule has 0 spiro atoms. The predicted octanol–water partition coefficient (Wildman–Crippen LogP) is 4.38. The third kappa shape index (κ3) is 3.04. The molecule has 0 unspecified atom stereocenters. The Hall–Kier alpha value is -1.98. The Kier molecular flexibility index (Phi) is 3.86. The summed E-state index contributed by atoms with van der Waals surface area (Å²) in [6.45, 7) is 0. The first kappa shape index (κ1) is 14.0. The van der Waals surface area contributed by atoms with Gasteiger partial charge in [0.15, 0.2) is 0 Å². The van der Waals surface area contributed by atoms with Crippen molar-refractivity contribution in [2.75, 3.05) is 5.32 Å². The lowest BCUT2D eigenvalue weighted by Gasteiger charge is -2.10. The number of nitrogens with one attached hydrogen (secondary N) is 1. The van der Waals surface area contributed by atoms with Crippen LogP contribution in [-0.2, 0) is 0 Å². The van der Waals surface area contributed by atoms with Gasteiger partial charge in [0.25, 0.3) is 0 Å². The van der Waals surface area contributed by atoms with Crippen molar-refractivity contribution in [3.05, 3.63) is 64.6 Å². The van der Waals surface area contributed by atoms with Crippen molar-refractivity contribution in [1.29, 1.82) is 0 Å². The van der Waals surface area contributed by atoms with Crippen molar-refractivity contribution in [3.63, 3.8) is 0 Å². The van der Waals surface area contributed by atoms with E-state index in [1.807, 2.05) is 54.6 Å². The topological polar surface area (TPSA) is 50.9 Å². The maximum absolute atomic E-state index is 5.83. The van der Waals surface area contributed by atoms with E-state index in [9.17, 15) is 0 Å². The molecule has 0 aliphatic carbocycles. The highest BCUT2D eigenvalue weighted by atomic mass is 79.9. The summed E-state index contributed by atoms with van der Waals surface area (Å²) in [7, 11) is 0. The summed E-state index contributed by atoms with van der Waals surface area (Å²) in [5, 5.41) is 4.24. The SMILES string of the molecule is NC(=S)c1cc(Nc2ccc(Br)cc2)nc2ccccc12. The van der Waals surface area contributed by atoms with Crippen molar-refractivity contribution in [1.82, 2.24) is 4.98 Å². The number of anilines is 2. The number of aromatic nitrogens is 1. The summed E-state index contributed by atoms with van der Waals surface area (Å²) in [5.74, 6) is 0.721. The van der Waals surface area contributed by atoms with Gasteiger partial charge in [-0.15, -0.1) is 0 Å². The van der Waals surface area contributed by atoms with Crippen LogP contribution in [0.3, 0.4) is 0 Å². The molecule has 21 heavy (non-hydrogen) atoms. The minimum atomic E-state index is 0.368. The number of para-hydroxylation sites is 1. The van der Waals surface area contributed by atoms with Gasteiger partial charge in [0.1, 0.15) is 10.8 Å². The average Bonchev–Trinajstić information content (AvgIpc) is 2.48. The molecular formula is C16H12BrN3S. The Balaban J connectivity index is 2.06. The second kappa shape index (κ2) is 5.79. The van der Waals surface area contributed by atoms with Crippen molar-refractivity contribution in [3.8, 4) is 0 Å². The van der Waals surface area contributed by atoms with Crippen molar-refractivity contribution < 1.29 is 0 Å². The number of thiocarbonyl (C=S) groups is 1. The number of fused-ring (bicyclic) bond motifs is 1. The Bertz CT molecular complexity index is 815. The van der Waals surface area contributed by atoms with Crippen LogP contribution in [0.4, 0.5) is 11.5 Å². The number of hydrogen-bond donors (Lipinski definition) is 2. The van der Waals surface area contributed by atoms with Crippen LogP contribution in [0.25, 0.3) is 10.9 Å². The van der Waals surface area contributed by atoms with E-state index in [1.165, 1.54) is 0 Å². The molecule has 0 amide bonds. The molecule has 3 nitrogen and oxygen atoms in total. The molecule has 3 N–H and O–H groups in total. The van der Waals surface area contributed by atoms with Crippen molar-refractivity contribution in [2.45, 2.75) is 0 Å². The zero-order chi connectivity index (χ0) is 14.8. The maximum Gasteiger partial charge on any atom is 0.131 e. The van der Waals surface area contributed by atoms with Gasteiger partial charge in [-0.2, -0.15) is 0 Å². The van der Waals surface area contributed by atoms with E-state index in [0.717, 1.165) is 32.4 Å². The molecule has 0 atom stereocenters. The Morgan fingerprint density at radius 1 is 1.10 bits per heavy atom. The molecule has 0 fully saturated rings. The number of nitrogens with zero attached hydrogens (tertiary/aromatic N) is 1. The Labute approximate surface area is 136 Å². The standard InChI is InChI=1S/C16H12BrN3S/c17-10-5-7-11(8-6-10)19-15-9-13(16(18)21)12-3-1-2-4-14(12)20-15/h1-9H,(H2,18,21)(H,19,20). The lowest BCUT2D eigenvalue weighted by atomic mass is 10.1. The Morgan fingerprint density at radius 2 is 1.81 bits per heavy atom. The van der Waals surface area contributed by atoms with E-state index in [0.29, 0.717) is 4.99 Å². The highest BCUT2D eigenvalue weighted by molar-refractivity contribution is 9.10. The molecular weight excluding hydrogens is 346 g/mol. The molecule has 1 heterocycles. The third-order valence-electron chi connectivity index (χ3n) is 3.10. The van der Waals surface area contributed by atoms with Gasteiger partial charge >= 0.3 is 0 Å². The van der Waals surface area contributed by atoms with Gasteiger partial charge in [0.2, 0.25) is 0 Å². The summed E-state index contributed by atoms with van der Waals surface area (Å²) >= 11 is 8.56. The van der Waals surface area contributed by atoms with Crippen LogP contribution in [0.5, 0.6) is 0 Å². The third-order valence-corrected chi connectivity index (χ3v) is 3.85. The molecule has 3 aromatic rings. The quantitative estimate of drug-likeness (QED) is 0.683. The first-order valence-corrected chi connectivity index (χ1v) is 7.56. The molecule has 0 saturated carbocycles. The van der Waals surface area contributed by atoms with Crippen molar-refractivity contribution in [2.24, 2.45) is 5.73 Å². The first-order chi connectivity index (χ1) is 10.1. The second-order valence-electron chi connectivity index (χ2n) is 4.57. The molecule has 3 rings (SSSR count). The van der Waals surface area contributed by atoms with Crippen LogP contribution in [0.2, 0.25) is 0 Å². The van der Waals surface area contributed by atoms with Crippen LogP contribution in [0.15, 0.2) is 59.1 Å². The number of benzene rings is 2. The van der Waals surface area contributed by atoms with Gasteiger partial charge in [0, 0.05) is 21.1 Å². The van der Waals surface area contributed by atoms with E-state index in [1.54, 1.807) is 0 Å². The number of nitrogens with two attached hydrogens (primary N) is 1. The highest BCUT2D eigenvalue weighted by Crippen LogP contribution is 2.24. The maximum atomic E-state index is 5.83. The average molecular weight is 358 g/mol. The molecule has 0 radical (unpaired) electrons. The fourth-order valence-electron chi connectivity index (χ4n) is 2.12. The summed E-state index contributed by atoms with van der Waals surface area (Å²) in [5.41, 5.74) is 8.48. The second-order valence-corrected chi connectivity index (χ2v) is 5.92. The van der Waals surface area contributed by atoms with Gasteiger partial charge in [-0.1, -0.05) is 46.3 Å². The minimum Gasteiger partial charge on any atom is -0.389 e. The van der Waals surface area contributed by atoms with Gasteiger partial charge in [-0.25, -0.2) is 4.98 Å². The summed E-state index contributed by atoms with van der Waals surface area (Å²) < 4.78 is 1.03. The lowest BCUT2D eigenvalue weighted by Crippen LogP contribution is -2.11. The predicted molar refractivity (Wildman–Crippen MR) is 95.1 cm³/mol. The number of halogens is 1. The smallest absolute Gasteiger partial charge is 0.131 e. The highest BCUT2D eigenvalue weighted by Gasteiger charge is 2.08. The van der Waals surface area contributed by atoms with E-state index >= 15 is 0 Å². The van der Waals surface area contributed by atoms with Gasteiger partial charge in [-0.05, 0) is 36.4 Å². The van der Waals surface area contributed by atoms with Crippen LogP contribution < -0.4 is 11.1 Å². The number of pyridine rings is 1. The Morgan fingerprint density at radius 3 is 2.52 bits per heavy atom. The molecule has 0 bridgehead atoms. The zero-order valence-electron chi connectivity index (χ0n) is 11.0. The van der Waals surface area contributed by atoms with Crippen LogP contribution >= 0.6 is 28.1 Å². The largest absolute Gasteiger partial charge is 0.389 e. The molecule has 0 aliphatic heterocycles. The number of hydrogen-bond acceptors (Lipinski definition) is 3. The summed E-state index contributed by atoms with van der Waals surface area (Å²) in [6.07, 6.45) is 0. The monoisotopic (exact) mass is 357 g/mol. The summed E-state index contributed by atoms with van der Waals surface area (Å²) in [4.78, 5) is 4.97. The van der Waals surface area contributed by atoms with Gasteiger partial charge in [0.05, 0.1) is 5.52 Å². The molecule has 1 aromatic heterocycles. The van der Waals surface area contributed by atoms with Crippen LogP contribution in [0, 0.1) is 0 Å². The molecule has 0 aliphatic rings. The minimum absolute atomic E-state index is 0.368. The first-order valence-electron chi connectivity index (χ1n) is 6.36. The van der Waals surface area contributed by atoms with Gasteiger partial charge < -0.3 is 11.1 Å². The van der Waals surface area contributed by atoms with Crippen LogP contribution in [0.1, 0.15) is 5.56 Å². The van der Waals surface area contributed by atoms with Gasteiger partial charge in [-0.3, -0.25) is 0 Å². The fraction of sp³-hybridized carbons (Fsp3) is 0. The lowest BCUT2D eigenvalue weighted by molar-refractivity contribution is 1.36. The molecule has 0 saturated heterocycles. The molecule has 2 aromatic carbocycles. The summed E-state index contributed by atoms with van der Waals surface area (Å²) in [6, 6.07) is 17.6. The van der Waals surface area contributed by atoms with E-state index in [4.69, 9.17) is 18.0 Å². The molecule has 5 heteroatoms. The van der Waals surface area contributed by atoms with E-state index < -0.39 is 0 Å². The number of rotatable bonds is 3. The zero-order valence-corrected chi connectivity index (χ0v) is 13.4. The van der Waals surface area contributed by atoms with E-state index in [-0.39, 0.29) is 0 Å². The van der Waals surface area contributed by atoms with E-state index in [2.05, 4.69) is 26.2 Å². The normalized spacial score (nSPS) is 10.5. The van der Waals surface area contributed by atoms with Crippen LogP contribution in [-0.4, -0.2) is 9.97 Å². The van der Waals surface area contributed by atoms with Crippen molar-refractivity contribution >= 4 is 55.5 Å².